The fraction of sp³-hybridized carbons (Fsp3) is 0.471. The zero-order chi connectivity index (χ0) is 15.4. The van der Waals surface area contributed by atoms with Crippen molar-refractivity contribution in [2.45, 2.75) is 40.3 Å². The maximum atomic E-state index is 5.75. The molecule has 4 nitrogen and oxygen atoms in total. The molecule has 114 valence electrons. The van der Waals surface area contributed by atoms with Crippen LogP contribution in [0.1, 0.15) is 35.5 Å². The van der Waals surface area contributed by atoms with E-state index in [9.17, 15) is 0 Å². The van der Waals surface area contributed by atoms with Crippen LogP contribution in [0.15, 0.2) is 24.3 Å². The number of likely N-dealkylation sites (N-methyl/N-ethyl adjacent to an activating group) is 1. The quantitative estimate of drug-likeness (QED) is 0.887. The van der Waals surface area contributed by atoms with Gasteiger partial charge in [0.2, 0.25) is 0 Å². The number of hydrogen-bond acceptors (Lipinski definition) is 3. The molecule has 0 bridgehead atoms. The third kappa shape index (κ3) is 3.27. The highest BCUT2D eigenvalue weighted by atomic mass is 16.5. The fourth-order valence-corrected chi connectivity index (χ4v) is 2.54. The molecular weight excluding hydrogens is 262 g/mol. The number of para-hydroxylation sites is 1. The molecule has 0 aliphatic carbocycles. The number of nitrogens with zero attached hydrogens (tertiary/aromatic N) is 2. The predicted octanol–water partition coefficient (Wildman–Crippen LogP) is 3.17. The summed E-state index contributed by atoms with van der Waals surface area (Å²) < 4.78 is 7.82. The first kappa shape index (κ1) is 15.6. The summed E-state index contributed by atoms with van der Waals surface area (Å²) in [6.45, 7) is 9.78. The van der Waals surface area contributed by atoms with E-state index >= 15 is 0 Å². The maximum Gasteiger partial charge on any atom is 0.124 e. The normalized spacial score (nSPS) is 12.4. The van der Waals surface area contributed by atoms with Crippen LogP contribution in [0, 0.1) is 20.8 Å². The second-order valence-corrected chi connectivity index (χ2v) is 5.29. The Morgan fingerprint density at radius 2 is 1.95 bits per heavy atom. The highest BCUT2D eigenvalue weighted by Crippen LogP contribution is 2.26. The molecule has 4 heteroatoms. The van der Waals surface area contributed by atoms with Gasteiger partial charge in [-0.2, -0.15) is 5.10 Å². The third-order valence-electron chi connectivity index (χ3n) is 4.04. The SMILES string of the molecule is CCOc1ccccc1C(Cn1nc(C)c(C)c1C)NC. The van der Waals surface area contributed by atoms with E-state index in [2.05, 4.69) is 48.0 Å². The molecule has 0 saturated carbocycles. The number of hydrogen-bond donors (Lipinski definition) is 1. The Morgan fingerprint density at radius 3 is 2.52 bits per heavy atom. The Labute approximate surface area is 127 Å². The molecule has 0 fully saturated rings. The summed E-state index contributed by atoms with van der Waals surface area (Å²) in [5, 5.41) is 8.02. The van der Waals surface area contributed by atoms with E-state index in [-0.39, 0.29) is 6.04 Å². The molecule has 2 aromatic rings. The first-order valence-electron chi connectivity index (χ1n) is 7.48. The standard InChI is InChI=1S/C17H25N3O/c1-6-21-17-10-8-7-9-15(17)16(18-5)11-20-14(4)12(2)13(3)19-20/h7-10,16,18H,6,11H2,1-5H3. The van der Waals surface area contributed by atoms with Crippen molar-refractivity contribution in [2.24, 2.45) is 0 Å². The summed E-state index contributed by atoms with van der Waals surface area (Å²) in [4.78, 5) is 0. The lowest BCUT2D eigenvalue weighted by Crippen LogP contribution is -2.24. The van der Waals surface area contributed by atoms with Crippen molar-refractivity contribution < 1.29 is 4.74 Å². The van der Waals surface area contributed by atoms with E-state index in [1.807, 2.05) is 26.1 Å². The van der Waals surface area contributed by atoms with Crippen molar-refractivity contribution in [1.29, 1.82) is 0 Å². The van der Waals surface area contributed by atoms with Crippen LogP contribution in [-0.2, 0) is 6.54 Å². The number of nitrogens with one attached hydrogen (secondary N) is 1. The molecule has 21 heavy (non-hydrogen) atoms. The molecule has 0 saturated heterocycles. The molecule has 0 aliphatic heterocycles. The smallest absolute Gasteiger partial charge is 0.124 e. The Bertz CT molecular complexity index is 604. The highest BCUT2D eigenvalue weighted by Gasteiger charge is 2.17. The van der Waals surface area contributed by atoms with Gasteiger partial charge in [-0.25, -0.2) is 0 Å². The maximum absolute atomic E-state index is 5.75. The Balaban J connectivity index is 2.30. The minimum Gasteiger partial charge on any atom is -0.494 e. The monoisotopic (exact) mass is 287 g/mol. The van der Waals surface area contributed by atoms with E-state index in [1.54, 1.807) is 0 Å². The number of benzene rings is 1. The number of aromatic nitrogens is 2. The highest BCUT2D eigenvalue weighted by molar-refractivity contribution is 5.36. The molecule has 1 N–H and O–H groups in total. The summed E-state index contributed by atoms with van der Waals surface area (Å²) in [6.07, 6.45) is 0. The largest absolute Gasteiger partial charge is 0.494 e. The molecule has 0 spiro atoms. The van der Waals surface area contributed by atoms with Crippen LogP contribution in [0.5, 0.6) is 5.75 Å². The lowest BCUT2D eigenvalue weighted by Gasteiger charge is -2.20. The Kier molecular flexibility index (Phi) is 5.02. The van der Waals surface area contributed by atoms with Crippen LogP contribution in [0.25, 0.3) is 0 Å². The summed E-state index contributed by atoms with van der Waals surface area (Å²) in [6, 6.07) is 8.37. The van der Waals surface area contributed by atoms with Gasteiger partial charge in [0.25, 0.3) is 0 Å². The zero-order valence-electron chi connectivity index (χ0n) is 13.6. The van der Waals surface area contributed by atoms with Gasteiger partial charge in [0.15, 0.2) is 0 Å². The van der Waals surface area contributed by atoms with Crippen molar-refractivity contribution >= 4 is 0 Å². The Hall–Kier alpha value is -1.81. The van der Waals surface area contributed by atoms with E-state index in [4.69, 9.17) is 4.74 Å². The number of rotatable bonds is 6. The van der Waals surface area contributed by atoms with Gasteiger partial charge in [-0.15, -0.1) is 0 Å². The van der Waals surface area contributed by atoms with Crippen molar-refractivity contribution in [2.75, 3.05) is 13.7 Å². The van der Waals surface area contributed by atoms with E-state index in [1.165, 1.54) is 16.8 Å². The topological polar surface area (TPSA) is 39.1 Å². The van der Waals surface area contributed by atoms with Gasteiger partial charge in [-0.05, 0) is 46.4 Å². The molecule has 1 aromatic heterocycles. The van der Waals surface area contributed by atoms with Gasteiger partial charge in [-0.3, -0.25) is 4.68 Å². The van der Waals surface area contributed by atoms with Gasteiger partial charge >= 0.3 is 0 Å². The first-order valence-corrected chi connectivity index (χ1v) is 7.48. The molecule has 1 atom stereocenters. The molecule has 0 aliphatic rings. The average Bonchev–Trinajstić information content (AvgIpc) is 2.73. The van der Waals surface area contributed by atoms with Crippen LogP contribution in [0.2, 0.25) is 0 Å². The van der Waals surface area contributed by atoms with Crippen molar-refractivity contribution in [3.8, 4) is 5.75 Å². The lowest BCUT2D eigenvalue weighted by atomic mass is 10.1. The molecule has 0 radical (unpaired) electrons. The predicted molar refractivity (Wildman–Crippen MR) is 85.8 cm³/mol. The summed E-state index contributed by atoms with van der Waals surface area (Å²) in [5.74, 6) is 0.942. The number of aryl methyl sites for hydroxylation is 1. The van der Waals surface area contributed by atoms with Gasteiger partial charge in [-0.1, -0.05) is 18.2 Å². The summed E-state index contributed by atoms with van der Waals surface area (Å²) >= 11 is 0. The molecule has 1 heterocycles. The van der Waals surface area contributed by atoms with Crippen LogP contribution >= 0.6 is 0 Å². The first-order chi connectivity index (χ1) is 10.1. The second-order valence-electron chi connectivity index (χ2n) is 5.29. The van der Waals surface area contributed by atoms with E-state index in [0.29, 0.717) is 6.61 Å². The summed E-state index contributed by atoms with van der Waals surface area (Å²) in [5.41, 5.74) is 4.76. The average molecular weight is 287 g/mol. The fourth-order valence-electron chi connectivity index (χ4n) is 2.54. The van der Waals surface area contributed by atoms with Gasteiger partial charge < -0.3 is 10.1 Å². The number of ether oxygens (including phenoxy) is 1. The van der Waals surface area contributed by atoms with Crippen LogP contribution < -0.4 is 10.1 Å². The minimum atomic E-state index is 0.171. The van der Waals surface area contributed by atoms with Gasteiger partial charge in [0.1, 0.15) is 5.75 Å². The molecular formula is C17H25N3O. The minimum absolute atomic E-state index is 0.171. The van der Waals surface area contributed by atoms with E-state index < -0.39 is 0 Å². The molecule has 1 aromatic carbocycles. The van der Waals surface area contributed by atoms with Crippen molar-refractivity contribution in [3.05, 3.63) is 46.8 Å². The molecule has 0 amide bonds. The van der Waals surface area contributed by atoms with E-state index in [0.717, 1.165) is 18.0 Å². The van der Waals surface area contributed by atoms with Gasteiger partial charge in [0.05, 0.1) is 24.9 Å². The molecule has 2 rings (SSSR count). The lowest BCUT2D eigenvalue weighted by molar-refractivity contribution is 0.328. The van der Waals surface area contributed by atoms with Crippen LogP contribution in [0.4, 0.5) is 0 Å². The Morgan fingerprint density at radius 1 is 1.24 bits per heavy atom. The van der Waals surface area contributed by atoms with Crippen LogP contribution in [0.3, 0.4) is 0 Å². The third-order valence-corrected chi connectivity index (χ3v) is 4.04. The van der Waals surface area contributed by atoms with Crippen molar-refractivity contribution in [3.63, 3.8) is 0 Å². The zero-order valence-corrected chi connectivity index (χ0v) is 13.6. The second kappa shape index (κ2) is 6.76. The van der Waals surface area contributed by atoms with Gasteiger partial charge in [0, 0.05) is 11.3 Å². The van der Waals surface area contributed by atoms with Crippen LogP contribution in [-0.4, -0.2) is 23.4 Å². The summed E-state index contributed by atoms with van der Waals surface area (Å²) in [7, 11) is 1.98. The van der Waals surface area contributed by atoms with Crippen molar-refractivity contribution in [1.82, 2.24) is 15.1 Å². The molecule has 1 unspecified atom stereocenters.